The second-order valence-corrected chi connectivity index (χ2v) is 6.36. The third kappa shape index (κ3) is 5.38. The van der Waals surface area contributed by atoms with E-state index in [2.05, 4.69) is 5.32 Å². The fourth-order valence-corrected chi connectivity index (χ4v) is 2.78. The Balaban J connectivity index is 1.68. The number of hydrogen-bond donors (Lipinski definition) is 1. The molecule has 0 aromatic heterocycles. The van der Waals surface area contributed by atoms with Crippen molar-refractivity contribution < 1.29 is 13.9 Å². The van der Waals surface area contributed by atoms with Crippen molar-refractivity contribution >= 4 is 17.3 Å². The second-order valence-electron chi connectivity index (χ2n) is 5.95. The lowest BCUT2D eigenvalue weighted by molar-refractivity contribution is 0.269. The summed E-state index contributed by atoms with van der Waals surface area (Å²) in [5, 5.41) is 3.94. The minimum absolute atomic E-state index is 0.251. The Morgan fingerprint density at radius 3 is 2.44 bits per heavy atom. The Bertz CT molecular complexity index is 884. The van der Waals surface area contributed by atoms with E-state index in [4.69, 9.17) is 21.1 Å². The molecule has 0 aliphatic rings. The van der Waals surface area contributed by atoms with Crippen molar-refractivity contribution in [3.05, 3.63) is 88.7 Å². The van der Waals surface area contributed by atoms with Gasteiger partial charge in [0.2, 0.25) is 0 Å². The molecule has 0 radical (unpaired) electrons. The van der Waals surface area contributed by atoms with Crippen LogP contribution in [0.2, 0.25) is 5.02 Å². The molecule has 0 unspecified atom stereocenters. The lowest BCUT2D eigenvalue weighted by Crippen LogP contribution is -2.03. The van der Waals surface area contributed by atoms with E-state index >= 15 is 0 Å². The van der Waals surface area contributed by atoms with Crippen LogP contribution < -0.4 is 14.8 Å². The van der Waals surface area contributed by atoms with Crippen LogP contribution in [0.1, 0.15) is 18.1 Å². The number of hydrogen-bond acceptors (Lipinski definition) is 3. The van der Waals surface area contributed by atoms with Gasteiger partial charge in [-0.15, -0.1) is 0 Å². The molecule has 0 atom stereocenters. The zero-order chi connectivity index (χ0) is 19.1. The Kier molecular flexibility index (Phi) is 6.55. The first kappa shape index (κ1) is 19.1. The van der Waals surface area contributed by atoms with Crippen molar-refractivity contribution in [2.75, 3.05) is 11.9 Å². The van der Waals surface area contributed by atoms with Gasteiger partial charge in [0.25, 0.3) is 0 Å². The van der Waals surface area contributed by atoms with Crippen LogP contribution in [0.5, 0.6) is 11.5 Å². The molecule has 27 heavy (non-hydrogen) atoms. The summed E-state index contributed by atoms with van der Waals surface area (Å²) in [5.41, 5.74) is 2.81. The Morgan fingerprint density at radius 2 is 1.70 bits per heavy atom. The molecule has 140 valence electrons. The molecule has 0 heterocycles. The number of nitrogens with one attached hydrogen (secondary N) is 1. The molecular weight excluding hydrogens is 365 g/mol. The Labute approximate surface area is 163 Å². The molecule has 0 fully saturated rings. The summed E-state index contributed by atoms with van der Waals surface area (Å²) in [5.74, 6) is 1.10. The number of rotatable bonds is 8. The molecule has 0 spiro atoms. The average Bonchev–Trinajstić information content (AvgIpc) is 2.68. The first-order valence-electron chi connectivity index (χ1n) is 8.77. The van der Waals surface area contributed by atoms with Crippen molar-refractivity contribution in [1.82, 2.24) is 0 Å². The zero-order valence-electron chi connectivity index (χ0n) is 15.0. The molecule has 0 amide bonds. The van der Waals surface area contributed by atoms with Crippen LogP contribution >= 0.6 is 11.6 Å². The molecule has 0 aliphatic heterocycles. The molecule has 0 saturated carbocycles. The summed E-state index contributed by atoms with van der Waals surface area (Å²) in [6.45, 7) is 3.43. The van der Waals surface area contributed by atoms with Gasteiger partial charge in [0.05, 0.1) is 6.61 Å². The van der Waals surface area contributed by atoms with Gasteiger partial charge in [0.15, 0.2) is 11.5 Å². The van der Waals surface area contributed by atoms with Crippen molar-refractivity contribution in [3.8, 4) is 11.5 Å². The van der Waals surface area contributed by atoms with Crippen molar-refractivity contribution in [2.24, 2.45) is 0 Å². The van der Waals surface area contributed by atoms with E-state index in [0.717, 1.165) is 16.8 Å². The van der Waals surface area contributed by atoms with Crippen LogP contribution in [-0.4, -0.2) is 6.61 Å². The zero-order valence-corrected chi connectivity index (χ0v) is 15.8. The van der Waals surface area contributed by atoms with Crippen molar-refractivity contribution in [2.45, 2.75) is 20.1 Å². The quantitative estimate of drug-likeness (QED) is 0.510. The highest BCUT2D eigenvalue weighted by molar-refractivity contribution is 6.31. The fourth-order valence-electron chi connectivity index (χ4n) is 2.59. The molecule has 3 nitrogen and oxygen atoms in total. The Morgan fingerprint density at radius 1 is 0.926 bits per heavy atom. The summed E-state index contributed by atoms with van der Waals surface area (Å²) >= 11 is 6.18. The molecule has 0 saturated heterocycles. The Hall–Kier alpha value is -2.72. The van der Waals surface area contributed by atoms with Gasteiger partial charge in [-0.2, -0.15) is 0 Å². The summed E-state index contributed by atoms with van der Waals surface area (Å²) in [4.78, 5) is 0. The predicted molar refractivity (Wildman–Crippen MR) is 107 cm³/mol. The largest absolute Gasteiger partial charge is 0.490 e. The van der Waals surface area contributed by atoms with Gasteiger partial charge in [-0.05, 0) is 55.0 Å². The van der Waals surface area contributed by atoms with Gasteiger partial charge in [-0.1, -0.05) is 35.9 Å². The monoisotopic (exact) mass is 385 g/mol. The smallest absolute Gasteiger partial charge is 0.161 e. The lowest BCUT2D eigenvalue weighted by atomic mass is 10.2. The van der Waals surface area contributed by atoms with Gasteiger partial charge < -0.3 is 14.8 Å². The van der Waals surface area contributed by atoms with Crippen LogP contribution in [0, 0.1) is 5.82 Å². The normalized spacial score (nSPS) is 10.5. The molecule has 1 N–H and O–H groups in total. The maximum absolute atomic E-state index is 13.0. The molecule has 3 rings (SSSR count). The number of ether oxygens (including phenoxy) is 2. The maximum Gasteiger partial charge on any atom is 0.161 e. The van der Waals surface area contributed by atoms with Crippen LogP contribution in [0.25, 0.3) is 0 Å². The predicted octanol–water partition coefficient (Wildman–Crippen LogP) is 6.07. The lowest BCUT2D eigenvalue weighted by Gasteiger charge is -2.14. The van der Waals surface area contributed by atoms with E-state index in [1.165, 1.54) is 12.1 Å². The van der Waals surface area contributed by atoms with Crippen molar-refractivity contribution in [3.63, 3.8) is 0 Å². The highest BCUT2D eigenvalue weighted by atomic mass is 35.5. The molecular formula is C22H21ClFNO2. The molecule has 0 bridgehead atoms. The molecule has 3 aromatic carbocycles. The van der Waals surface area contributed by atoms with Crippen molar-refractivity contribution in [1.29, 1.82) is 0 Å². The van der Waals surface area contributed by atoms with E-state index in [-0.39, 0.29) is 5.82 Å². The van der Waals surface area contributed by atoms with E-state index < -0.39 is 0 Å². The van der Waals surface area contributed by atoms with E-state index in [0.29, 0.717) is 36.3 Å². The number of anilines is 1. The highest BCUT2D eigenvalue weighted by Gasteiger charge is 2.08. The van der Waals surface area contributed by atoms with Crippen LogP contribution in [0.3, 0.4) is 0 Å². The first-order chi connectivity index (χ1) is 13.2. The van der Waals surface area contributed by atoms with Gasteiger partial charge in [-0.3, -0.25) is 0 Å². The van der Waals surface area contributed by atoms with Crippen LogP contribution in [-0.2, 0) is 13.2 Å². The number of halogens is 2. The SMILES string of the molecule is CCOc1cc(CNc2ccc(F)cc2)ccc1OCc1ccccc1Cl. The topological polar surface area (TPSA) is 30.5 Å². The van der Waals surface area contributed by atoms with Gasteiger partial charge in [-0.25, -0.2) is 4.39 Å². The minimum atomic E-state index is -0.251. The van der Waals surface area contributed by atoms with Gasteiger partial charge in [0, 0.05) is 22.8 Å². The van der Waals surface area contributed by atoms with E-state index in [1.807, 2.05) is 49.4 Å². The molecule has 5 heteroatoms. The van der Waals surface area contributed by atoms with E-state index in [1.54, 1.807) is 12.1 Å². The average molecular weight is 386 g/mol. The number of benzene rings is 3. The standard InChI is InChI=1S/C22H21ClFNO2/c1-2-26-22-13-16(14-25-19-10-8-18(24)9-11-19)7-12-21(22)27-15-17-5-3-4-6-20(17)23/h3-13,25H,2,14-15H2,1H3. The molecule has 3 aromatic rings. The summed E-state index contributed by atoms with van der Waals surface area (Å²) in [7, 11) is 0. The fraction of sp³-hybridized carbons (Fsp3) is 0.182. The third-order valence-corrected chi connectivity index (χ3v) is 4.36. The van der Waals surface area contributed by atoms with Crippen LogP contribution in [0.15, 0.2) is 66.7 Å². The molecule has 0 aliphatic carbocycles. The van der Waals surface area contributed by atoms with E-state index in [9.17, 15) is 4.39 Å². The summed E-state index contributed by atoms with van der Waals surface area (Å²) in [6, 6.07) is 19.7. The minimum Gasteiger partial charge on any atom is -0.490 e. The summed E-state index contributed by atoms with van der Waals surface area (Å²) < 4.78 is 24.6. The van der Waals surface area contributed by atoms with Gasteiger partial charge in [0.1, 0.15) is 12.4 Å². The second kappa shape index (κ2) is 9.28. The highest BCUT2D eigenvalue weighted by Crippen LogP contribution is 2.30. The first-order valence-corrected chi connectivity index (χ1v) is 9.15. The van der Waals surface area contributed by atoms with Gasteiger partial charge >= 0.3 is 0 Å². The van der Waals surface area contributed by atoms with Crippen LogP contribution in [0.4, 0.5) is 10.1 Å². The third-order valence-electron chi connectivity index (χ3n) is 3.99. The maximum atomic E-state index is 13.0. The summed E-state index contributed by atoms with van der Waals surface area (Å²) in [6.07, 6.45) is 0.